The third-order valence-electron chi connectivity index (χ3n) is 14.4. The van der Waals surface area contributed by atoms with Crippen molar-refractivity contribution < 1.29 is 39.8 Å². The van der Waals surface area contributed by atoms with Crippen LogP contribution >= 0.6 is 0 Å². The van der Waals surface area contributed by atoms with E-state index in [0.29, 0.717) is 45.3 Å². The summed E-state index contributed by atoms with van der Waals surface area (Å²) in [5, 5.41) is 3.71. The molecule has 8 aromatic carbocycles. The SMILES string of the molecule is [2H]c1c([2H])c([2H])c(-c2cccc(-c3cc(C(C)(C)C)cc(C(C)(C)C)c3)c2N2[CH-]N(c3[c-]c(Oc4[c-]c5c(cc4)c4c6oc7ccccc7c6ccc4n5-c4cc(C([2H])([2H])C(C)C)ccn4)cc(C(C)(C)C)c3)c3ccccc32)c([2H])c1[2H].[Pt]. The zero-order valence-electron chi connectivity index (χ0n) is 52.4. The molecule has 12 rings (SSSR count). The van der Waals surface area contributed by atoms with Gasteiger partial charge < -0.3 is 23.5 Å². The predicted molar refractivity (Wildman–Crippen MR) is 317 cm³/mol. The summed E-state index contributed by atoms with van der Waals surface area (Å²) >= 11 is 0. The van der Waals surface area contributed by atoms with Crippen molar-refractivity contribution in [2.75, 3.05) is 9.80 Å². The van der Waals surface area contributed by atoms with Crippen LogP contribution in [0.5, 0.6) is 11.5 Å². The van der Waals surface area contributed by atoms with E-state index >= 15 is 0 Å². The van der Waals surface area contributed by atoms with E-state index in [0.717, 1.165) is 77.4 Å². The Morgan fingerprint density at radius 1 is 0.636 bits per heavy atom. The molecule has 0 saturated carbocycles. The quantitative estimate of drug-likeness (QED) is 0.135. The Balaban J connectivity index is 0.00000736. The van der Waals surface area contributed by atoms with Gasteiger partial charge in [0.1, 0.15) is 17.0 Å². The topological polar surface area (TPSA) is 46.7 Å². The first-order valence-electron chi connectivity index (χ1n) is 29.6. The minimum absolute atomic E-state index is 0. The molecular weight excluding hydrogens is 1120 g/mol. The number of aromatic nitrogens is 2. The number of hydrogen-bond donors (Lipinski definition) is 0. The van der Waals surface area contributed by atoms with Crippen LogP contribution < -0.4 is 14.5 Å². The molecule has 6 nitrogen and oxygen atoms in total. The summed E-state index contributed by atoms with van der Waals surface area (Å²) < 4.78 is 78.6. The molecule has 0 amide bonds. The maximum Gasteiger partial charge on any atom is 0.135 e. The molecule has 1 aliphatic heterocycles. The molecule has 0 fully saturated rings. The van der Waals surface area contributed by atoms with Crippen LogP contribution in [0.15, 0.2) is 174 Å². The van der Waals surface area contributed by atoms with E-state index in [1.165, 1.54) is 0 Å². The molecule has 0 aliphatic carbocycles. The molecule has 3 aromatic heterocycles. The van der Waals surface area contributed by atoms with E-state index in [2.05, 4.69) is 133 Å². The van der Waals surface area contributed by atoms with Crippen molar-refractivity contribution in [3.63, 3.8) is 0 Å². The van der Waals surface area contributed by atoms with Crippen LogP contribution in [-0.2, 0) is 43.7 Å². The Bertz CT molecular complexity index is 4390. The van der Waals surface area contributed by atoms with Crippen molar-refractivity contribution in [2.45, 2.75) is 98.8 Å². The van der Waals surface area contributed by atoms with Crippen LogP contribution in [0.3, 0.4) is 0 Å². The van der Waals surface area contributed by atoms with Crippen molar-refractivity contribution in [3.8, 4) is 39.6 Å². The molecule has 7 heteroatoms. The largest absolute Gasteiger partial charge is 0.509 e. The molecule has 1 aliphatic rings. The number of para-hydroxylation sites is 4. The van der Waals surface area contributed by atoms with Gasteiger partial charge in [-0.15, -0.1) is 48.3 Å². The minimum atomic E-state index is -1.62. The number of ether oxygens (including phenoxy) is 1. The average Bonchev–Trinajstić information content (AvgIpc) is 4.37. The van der Waals surface area contributed by atoms with Gasteiger partial charge in [-0.05, 0) is 104 Å². The molecule has 4 heterocycles. The summed E-state index contributed by atoms with van der Waals surface area (Å²) in [5.74, 6) is 1.09. The van der Waals surface area contributed by atoms with Gasteiger partial charge in [-0.3, -0.25) is 0 Å². The molecular formula is C70H65N4O2Pt-3. The molecule has 0 saturated heterocycles. The van der Waals surface area contributed by atoms with Crippen molar-refractivity contribution in [1.29, 1.82) is 0 Å². The summed E-state index contributed by atoms with van der Waals surface area (Å²) in [7, 11) is 0. The zero-order chi connectivity index (χ0) is 59.0. The summed E-state index contributed by atoms with van der Waals surface area (Å²) in [5.41, 5.74) is 11.3. The monoisotopic (exact) mass is 1200 g/mol. The fraction of sp³-hybridized carbons (Fsp3) is 0.229. The number of pyridine rings is 1. The molecule has 390 valence electrons. The van der Waals surface area contributed by atoms with Gasteiger partial charge in [-0.25, -0.2) is 4.98 Å². The van der Waals surface area contributed by atoms with Gasteiger partial charge in [0, 0.05) is 86.0 Å². The smallest absolute Gasteiger partial charge is 0.135 e. The van der Waals surface area contributed by atoms with Crippen LogP contribution in [0.25, 0.3) is 71.8 Å². The molecule has 0 spiro atoms. The maximum atomic E-state index is 9.33. The number of fused-ring (bicyclic) bond motifs is 8. The van der Waals surface area contributed by atoms with Gasteiger partial charge in [0.15, 0.2) is 0 Å². The third kappa shape index (κ3) is 9.54. The maximum absolute atomic E-state index is 9.33. The Labute approximate surface area is 478 Å². The van der Waals surface area contributed by atoms with Crippen LogP contribution in [0.1, 0.15) is 108 Å². The van der Waals surface area contributed by atoms with Gasteiger partial charge in [-0.1, -0.05) is 184 Å². The Hall–Kier alpha value is -7.40. The van der Waals surface area contributed by atoms with Gasteiger partial charge >= 0.3 is 0 Å². The summed E-state index contributed by atoms with van der Waals surface area (Å²) in [6, 6.07) is 49.8. The molecule has 77 heavy (non-hydrogen) atoms. The normalized spacial score (nSPS) is 14.6. The molecule has 11 aromatic rings. The molecule has 0 N–H and O–H groups in total. The zero-order valence-corrected chi connectivity index (χ0v) is 47.6. The van der Waals surface area contributed by atoms with E-state index in [1.54, 1.807) is 12.3 Å². The summed E-state index contributed by atoms with van der Waals surface area (Å²) in [6.45, 7) is 25.4. The first kappa shape index (κ1) is 43.7. The second kappa shape index (κ2) is 19.6. The molecule has 0 unspecified atom stereocenters. The fourth-order valence-corrected chi connectivity index (χ4v) is 10.5. The van der Waals surface area contributed by atoms with Crippen LogP contribution in [-0.4, -0.2) is 9.55 Å². The van der Waals surface area contributed by atoms with Crippen LogP contribution in [0.4, 0.5) is 22.7 Å². The first-order chi connectivity index (χ1) is 39.2. The first-order valence-corrected chi connectivity index (χ1v) is 26.1. The van der Waals surface area contributed by atoms with Gasteiger partial charge in [-0.2, -0.15) is 6.07 Å². The summed E-state index contributed by atoms with van der Waals surface area (Å²) in [4.78, 5) is 9.02. The Kier molecular flexibility index (Phi) is 11.1. The number of benzene rings is 8. The fourth-order valence-electron chi connectivity index (χ4n) is 10.5. The second-order valence-electron chi connectivity index (χ2n) is 23.4. The van der Waals surface area contributed by atoms with Gasteiger partial charge in [0.05, 0.1) is 6.85 Å². The van der Waals surface area contributed by atoms with Crippen molar-refractivity contribution in [2.24, 2.45) is 5.92 Å². The number of furan rings is 1. The third-order valence-corrected chi connectivity index (χ3v) is 14.4. The van der Waals surface area contributed by atoms with Crippen LogP contribution in [0, 0.1) is 24.7 Å². The Morgan fingerprint density at radius 3 is 1.99 bits per heavy atom. The predicted octanol–water partition coefficient (Wildman–Crippen LogP) is 19.3. The number of anilines is 4. The van der Waals surface area contributed by atoms with Gasteiger partial charge in [0.2, 0.25) is 0 Å². The van der Waals surface area contributed by atoms with Gasteiger partial charge in [0.25, 0.3) is 0 Å². The minimum Gasteiger partial charge on any atom is -0.509 e. The van der Waals surface area contributed by atoms with Crippen molar-refractivity contribution in [3.05, 3.63) is 211 Å². The van der Waals surface area contributed by atoms with E-state index in [1.807, 2.05) is 104 Å². The van der Waals surface area contributed by atoms with E-state index in [-0.39, 0.29) is 60.9 Å². The second-order valence-corrected chi connectivity index (χ2v) is 23.4. The van der Waals surface area contributed by atoms with E-state index < -0.39 is 24.5 Å². The number of rotatable bonds is 9. The van der Waals surface area contributed by atoms with E-state index in [4.69, 9.17) is 21.0 Å². The Morgan fingerprint density at radius 2 is 1.29 bits per heavy atom. The molecule has 0 radical (unpaired) electrons. The number of hydrogen-bond acceptors (Lipinski definition) is 5. The van der Waals surface area contributed by atoms with Crippen molar-refractivity contribution in [1.82, 2.24) is 9.55 Å². The number of nitrogens with zero attached hydrogens (tertiary/aromatic N) is 4. The average molecular weight is 1200 g/mol. The standard InChI is InChI=1S/C70H65N4O2.Pt/c1-44(2)34-45-32-33-71-64(35-45)74-61-31-30-57-56-22-15-18-27-63(56)76-67(57)65(61)58-29-28-52(42-62(58)74)75-53-40-50(70(9,10)11)39-51(41-53)72-43-73(60-26-17-16-25-59(60)72)66-54(46-20-13-12-14-21-46)23-19-24-55(66)47-36-48(68(3,4)5)38-49(37-47)69(6,7)8;/h12-33,35-40,43-44H,34H2,1-11H3;/q-3;/i12D,13D,14D,20D,21D,34D2;. The summed E-state index contributed by atoms with van der Waals surface area (Å²) in [6.07, 6.45) is 0.0365. The van der Waals surface area contributed by atoms with Crippen molar-refractivity contribution >= 4 is 66.5 Å². The molecule has 0 atom stereocenters. The molecule has 0 bridgehead atoms. The van der Waals surface area contributed by atoms with E-state index in [9.17, 15) is 2.74 Å². The van der Waals surface area contributed by atoms with Crippen LogP contribution in [0.2, 0.25) is 0 Å².